The van der Waals surface area contributed by atoms with Crippen molar-refractivity contribution in [1.82, 2.24) is 10.6 Å². The molecule has 1 aliphatic rings. The normalized spacial score (nSPS) is 17.6. The lowest BCUT2D eigenvalue weighted by atomic mass is 10.1. The molecule has 25 heavy (non-hydrogen) atoms. The molecule has 0 aliphatic carbocycles. The van der Waals surface area contributed by atoms with Crippen LogP contribution in [-0.4, -0.2) is 42.8 Å². The molecular weight excluding hydrogens is 377 g/mol. The van der Waals surface area contributed by atoms with E-state index in [0.29, 0.717) is 18.5 Å². The molecule has 0 saturated carbocycles. The number of halogens is 4. The first kappa shape index (κ1) is 22.1. The highest BCUT2D eigenvalue weighted by atomic mass is 35.5. The van der Waals surface area contributed by atoms with Crippen molar-refractivity contribution in [2.24, 2.45) is 0 Å². The van der Waals surface area contributed by atoms with Crippen molar-refractivity contribution in [3.63, 3.8) is 0 Å². The number of amides is 1. The average molecular weight is 399 g/mol. The summed E-state index contributed by atoms with van der Waals surface area (Å²) in [4.78, 5) is 11.9. The number of nitrogens with one attached hydrogen (secondary N) is 2. The van der Waals surface area contributed by atoms with E-state index < -0.39 is 12.8 Å². The van der Waals surface area contributed by atoms with Gasteiger partial charge in [0.05, 0.1) is 6.61 Å². The molecule has 0 radical (unpaired) electrons. The molecule has 0 bridgehead atoms. The Morgan fingerprint density at radius 2 is 1.96 bits per heavy atom. The molecule has 0 aromatic heterocycles. The number of hydrogen-bond donors (Lipinski definition) is 2. The molecule has 1 amide bonds. The lowest BCUT2D eigenvalue weighted by Crippen LogP contribution is -2.41. The fraction of sp³-hybridized carbons (Fsp3) is 0.562. The van der Waals surface area contributed by atoms with Crippen LogP contribution in [0.2, 0.25) is 0 Å². The number of carbonyl (C=O) groups is 1. The van der Waals surface area contributed by atoms with E-state index >= 15 is 0 Å². The van der Waals surface area contributed by atoms with Gasteiger partial charge in [0.15, 0.2) is 0 Å². The minimum Gasteiger partial charge on any atom is -0.367 e. The SMILES string of the molecule is Cl.O=C(CC1CSCCN1)NCc1ccc(COCC(F)(F)F)cc1. The van der Waals surface area contributed by atoms with Crippen LogP contribution in [0.3, 0.4) is 0 Å². The zero-order valence-electron chi connectivity index (χ0n) is 13.6. The summed E-state index contributed by atoms with van der Waals surface area (Å²) >= 11 is 1.84. The molecule has 1 aromatic carbocycles. The molecule has 1 unspecified atom stereocenters. The minimum atomic E-state index is -4.31. The Hall–Kier alpha value is -0.960. The van der Waals surface area contributed by atoms with E-state index in [1.54, 1.807) is 24.3 Å². The van der Waals surface area contributed by atoms with E-state index in [2.05, 4.69) is 15.4 Å². The maximum absolute atomic E-state index is 12.0. The summed E-state index contributed by atoms with van der Waals surface area (Å²) in [5, 5.41) is 6.17. The second kappa shape index (κ2) is 10.9. The number of hydrogen-bond acceptors (Lipinski definition) is 4. The van der Waals surface area contributed by atoms with Crippen LogP contribution < -0.4 is 10.6 Å². The first-order chi connectivity index (χ1) is 11.4. The Labute approximate surface area is 155 Å². The second-order valence-electron chi connectivity index (χ2n) is 5.63. The fourth-order valence-electron chi connectivity index (χ4n) is 2.29. The van der Waals surface area contributed by atoms with E-state index in [9.17, 15) is 18.0 Å². The Balaban J connectivity index is 0.00000312. The molecule has 1 aliphatic heterocycles. The van der Waals surface area contributed by atoms with Gasteiger partial charge in [-0.15, -0.1) is 12.4 Å². The third kappa shape index (κ3) is 9.34. The van der Waals surface area contributed by atoms with E-state index in [1.165, 1.54) is 0 Å². The van der Waals surface area contributed by atoms with Crippen molar-refractivity contribution < 1.29 is 22.7 Å². The summed E-state index contributed by atoms with van der Waals surface area (Å²) in [5.74, 6) is 2.02. The molecule has 9 heteroatoms. The summed E-state index contributed by atoms with van der Waals surface area (Å²) in [7, 11) is 0. The molecular formula is C16H22ClF3N2O2S. The minimum absolute atomic E-state index is 0. The fourth-order valence-corrected chi connectivity index (χ4v) is 3.23. The number of carbonyl (C=O) groups excluding carboxylic acids is 1. The van der Waals surface area contributed by atoms with Crippen LogP contribution >= 0.6 is 24.2 Å². The van der Waals surface area contributed by atoms with Crippen molar-refractivity contribution in [2.75, 3.05) is 24.7 Å². The standard InChI is InChI=1S/C16H21F3N2O2S.ClH/c17-16(18,19)11-23-9-13-3-1-12(2-4-13)8-21-15(22)7-14-10-24-6-5-20-14;/h1-4,14,20H,5-11H2,(H,21,22);1H. The van der Waals surface area contributed by atoms with Gasteiger partial charge in [0.25, 0.3) is 0 Å². The van der Waals surface area contributed by atoms with Gasteiger partial charge in [-0.3, -0.25) is 4.79 Å². The Bertz CT molecular complexity index is 523. The van der Waals surface area contributed by atoms with Gasteiger partial charge < -0.3 is 15.4 Å². The highest BCUT2D eigenvalue weighted by Crippen LogP contribution is 2.16. The lowest BCUT2D eigenvalue weighted by Gasteiger charge is -2.22. The Morgan fingerprint density at radius 3 is 2.56 bits per heavy atom. The molecule has 2 N–H and O–H groups in total. The average Bonchev–Trinajstić information content (AvgIpc) is 2.54. The van der Waals surface area contributed by atoms with E-state index in [-0.39, 0.29) is 31.0 Å². The number of rotatable bonds is 7. The molecule has 142 valence electrons. The van der Waals surface area contributed by atoms with Gasteiger partial charge in [0.1, 0.15) is 6.61 Å². The van der Waals surface area contributed by atoms with Crippen LogP contribution in [0.25, 0.3) is 0 Å². The Kier molecular flexibility index (Phi) is 9.63. The summed E-state index contributed by atoms with van der Waals surface area (Å²) < 4.78 is 40.6. The first-order valence-corrected chi connectivity index (χ1v) is 8.88. The predicted molar refractivity (Wildman–Crippen MR) is 95.0 cm³/mol. The van der Waals surface area contributed by atoms with Crippen LogP contribution in [0.1, 0.15) is 17.5 Å². The smallest absolute Gasteiger partial charge is 0.367 e. The second-order valence-corrected chi connectivity index (χ2v) is 6.78. The third-order valence-electron chi connectivity index (χ3n) is 3.48. The molecule has 1 saturated heterocycles. The van der Waals surface area contributed by atoms with Gasteiger partial charge in [0, 0.05) is 37.1 Å². The summed E-state index contributed by atoms with van der Waals surface area (Å²) in [6, 6.07) is 7.19. The predicted octanol–water partition coefficient (Wildman–Crippen LogP) is 2.90. The quantitative estimate of drug-likeness (QED) is 0.741. The molecule has 1 atom stereocenters. The number of alkyl halides is 3. The molecule has 2 rings (SSSR count). The van der Waals surface area contributed by atoms with Crippen LogP contribution in [0, 0.1) is 0 Å². The summed E-state index contributed by atoms with van der Waals surface area (Å²) in [6.45, 7) is -0.00166. The van der Waals surface area contributed by atoms with Crippen LogP contribution in [0.4, 0.5) is 13.2 Å². The van der Waals surface area contributed by atoms with Gasteiger partial charge in [-0.1, -0.05) is 24.3 Å². The van der Waals surface area contributed by atoms with Crippen molar-refractivity contribution >= 4 is 30.1 Å². The first-order valence-electron chi connectivity index (χ1n) is 7.72. The highest BCUT2D eigenvalue weighted by Gasteiger charge is 2.27. The van der Waals surface area contributed by atoms with Gasteiger partial charge in [-0.2, -0.15) is 24.9 Å². The Morgan fingerprint density at radius 1 is 1.28 bits per heavy atom. The summed E-state index contributed by atoms with van der Waals surface area (Å²) in [5.41, 5.74) is 1.56. The highest BCUT2D eigenvalue weighted by molar-refractivity contribution is 7.99. The topological polar surface area (TPSA) is 50.4 Å². The maximum atomic E-state index is 12.0. The van der Waals surface area contributed by atoms with Crippen molar-refractivity contribution in [1.29, 1.82) is 0 Å². The number of benzene rings is 1. The van der Waals surface area contributed by atoms with Gasteiger partial charge >= 0.3 is 6.18 Å². The largest absolute Gasteiger partial charge is 0.411 e. The third-order valence-corrected chi connectivity index (χ3v) is 4.61. The van der Waals surface area contributed by atoms with E-state index in [0.717, 1.165) is 23.6 Å². The maximum Gasteiger partial charge on any atom is 0.411 e. The molecule has 1 fully saturated rings. The van der Waals surface area contributed by atoms with Crippen LogP contribution in [0.5, 0.6) is 0 Å². The van der Waals surface area contributed by atoms with E-state index in [1.807, 2.05) is 11.8 Å². The zero-order valence-corrected chi connectivity index (χ0v) is 15.2. The van der Waals surface area contributed by atoms with E-state index in [4.69, 9.17) is 0 Å². The van der Waals surface area contributed by atoms with Gasteiger partial charge in [-0.25, -0.2) is 0 Å². The molecule has 0 spiro atoms. The van der Waals surface area contributed by atoms with Crippen molar-refractivity contribution in [2.45, 2.75) is 31.8 Å². The van der Waals surface area contributed by atoms with Crippen molar-refractivity contribution in [3.05, 3.63) is 35.4 Å². The zero-order chi connectivity index (χ0) is 17.4. The molecule has 4 nitrogen and oxygen atoms in total. The molecule has 1 heterocycles. The number of thioether (sulfide) groups is 1. The number of ether oxygens (including phenoxy) is 1. The van der Waals surface area contributed by atoms with Gasteiger partial charge in [0.2, 0.25) is 5.91 Å². The van der Waals surface area contributed by atoms with Crippen LogP contribution in [-0.2, 0) is 22.7 Å². The van der Waals surface area contributed by atoms with Gasteiger partial charge in [-0.05, 0) is 11.1 Å². The monoisotopic (exact) mass is 398 g/mol. The lowest BCUT2D eigenvalue weighted by molar-refractivity contribution is -0.176. The summed E-state index contributed by atoms with van der Waals surface area (Å²) in [6.07, 6.45) is -3.85. The van der Waals surface area contributed by atoms with Crippen LogP contribution in [0.15, 0.2) is 24.3 Å². The molecule has 1 aromatic rings. The van der Waals surface area contributed by atoms with Crippen molar-refractivity contribution in [3.8, 4) is 0 Å².